The molecule has 0 aliphatic carbocycles. The van der Waals surface area contributed by atoms with Crippen LogP contribution in [0.2, 0.25) is 0 Å². The van der Waals surface area contributed by atoms with E-state index < -0.39 is 0 Å². The molecule has 4 heteroatoms. The molecule has 0 radical (unpaired) electrons. The molecule has 0 amide bonds. The number of methoxy groups -OCH3 is 1. The van der Waals surface area contributed by atoms with E-state index in [9.17, 15) is 4.79 Å². The molecule has 0 atom stereocenters. The molecule has 0 unspecified atom stereocenters. The summed E-state index contributed by atoms with van der Waals surface area (Å²) < 4.78 is 15.8. The van der Waals surface area contributed by atoms with Crippen molar-refractivity contribution in [3.8, 4) is 11.5 Å². The number of rotatable bonds is 5. The highest BCUT2D eigenvalue weighted by Crippen LogP contribution is 2.31. The van der Waals surface area contributed by atoms with Crippen molar-refractivity contribution in [2.45, 2.75) is 12.8 Å². The fourth-order valence-electron chi connectivity index (χ4n) is 1.74. The highest BCUT2D eigenvalue weighted by atomic mass is 16.6. The minimum atomic E-state index is 0.110. The van der Waals surface area contributed by atoms with Crippen LogP contribution in [0.25, 0.3) is 0 Å². The molecule has 0 aromatic heterocycles. The Labute approximate surface area is 100 Å². The first-order chi connectivity index (χ1) is 8.31. The largest absolute Gasteiger partial charge is 0.486 e. The summed E-state index contributed by atoms with van der Waals surface area (Å²) in [4.78, 5) is 11.9. The van der Waals surface area contributed by atoms with Gasteiger partial charge in [-0.3, -0.25) is 4.79 Å². The smallest absolute Gasteiger partial charge is 0.163 e. The van der Waals surface area contributed by atoms with Crippen LogP contribution in [0.1, 0.15) is 23.2 Å². The van der Waals surface area contributed by atoms with Crippen molar-refractivity contribution in [1.82, 2.24) is 0 Å². The van der Waals surface area contributed by atoms with Crippen LogP contribution in [-0.4, -0.2) is 32.7 Å². The van der Waals surface area contributed by atoms with Crippen molar-refractivity contribution in [1.29, 1.82) is 0 Å². The summed E-state index contributed by atoms with van der Waals surface area (Å²) in [5.74, 6) is 1.48. The predicted molar refractivity (Wildman–Crippen MR) is 62.9 cm³/mol. The maximum Gasteiger partial charge on any atom is 0.163 e. The Morgan fingerprint density at radius 2 is 2.06 bits per heavy atom. The van der Waals surface area contributed by atoms with Crippen molar-refractivity contribution in [3.05, 3.63) is 23.8 Å². The lowest BCUT2D eigenvalue weighted by atomic mass is 10.1. The second kappa shape index (κ2) is 5.68. The summed E-state index contributed by atoms with van der Waals surface area (Å²) in [6, 6.07) is 5.32. The van der Waals surface area contributed by atoms with Crippen molar-refractivity contribution in [2.75, 3.05) is 26.9 Å². The Kier molecular flexibility index (Phi) is 3.98. The van der Waals surface area contributed by atoms with E-state index in [1.165, 1.54) is 0 Å². The summed E-state index contributed by atoms with van der Waals surface area (Å²) >= 11 is 0. The zero-order chi connectivity index (χ0) is 12.1. The molecule has 0 saturated heterocycles. The molecule has 1 aromatic rings. The molecule has 0 N–H and O–H groups in total. The Hall–Kier alpha value is -1.55. The zero-order valence-electron chi connectivity index (χ0n) is 9.90. The molecular weight excluding hydrogens is 220 g/mol. The van der Waals surface area contributed by atoms with Gasteiger partial charge in [0.2, 0.25) is 0 Å². The van der Waals surface area contributed by atoms with E-state index in [4.69, 9.17) is 14.2 Å². The molecule has 92 valence electrons. The van der Waals surface area contributed by atoms with Crippen LogP contribution in [0.5, 0.6) is 11.5 Å². The van der Waals surface area contributed by atoms with Gasteiger partial charge in [0.25, 0.3) is 0 Å². The van der Waals surface area contributed by atoms with E-state index in [0.29, 0.717) is 43.3 Å². The molecule has 0 saturated carbocycles. The van der Waals surface area contributed by atoms with Crippen molar-refractivity contribution < 1.29 is 19.0 Å². The Balaban J connectivity index is 2.03. The number of ketones is 1. The average Bonchev–Trinajstić information content (AvgIpc) is 2.38. The Morgan fingerprint density at radius 3 is 2.82 bits per heavy atom. The van der Waals surface area contributed by atoms with Gasteiger partial charge in [-0.2, -0.15) is 0 Å². The first kappa shape index (κ1) is 11.9. The highest BCUT2D eigenvalue weighted by molar-refractivity contribution is 5.96. The first-order valence-electron chi connectivity index (χ1n) is 5.73. The number of hydrogen-bond donors (Lipinski definition) is 0. The third-order valence-electron chi connectivity index (χ3n) is 2.62. The van der Waals surface area contributed by atoms with Gasteiger partial charge in [-0.15, -0.1) is 0 Å². The van der Waals surface area contributed by atoms with Gasteiger partial charge in [-0.05, 0) is 24.6 Å². The van der Waals surface area contributed by atoms with Gasteiger partial charge in [0.15, 0.2) is 17.3 Å². The quantitative estimate of drug-likeness (QED) is 0.580. The van der Waals surface area contributed by atoms with Gasteiger partial charge in [0.1, 0.15) is 13.2 Å². The van der Waals surface area contributed by atoms with Gasteiger partial charge < -0.3 is 14.2 Å². The van der Waals surface area contributed by atoms with Crippen molar-refractivity contribution in [2.24, 2.45) is 0 Å². The average molecular weight is 236 g/mol. The number of Topliss-reactive ketones (excluding diaryl/α,β-unsaturated/α-hetero) is 1. The zero-order valence-corrected chi connectivity index (χ0v) is 9.90. The second-order valence-electron chi connectivity index (χ2n) is 3.88. The minimum Gasteiger partial charge on any atom is -0.486 e. The van der Waals surface area contributed by atoms with Crippen molar-refractivity contribution in [3.63, 3.8) is 0 Å². The van der Waals surface area contributed by atoms with Crippen LogP contribution in [-0.2, 0) is 4.74 Å². The van der Waals surface area contributed by atoms with E-state index in [1.54, 1.807) is 25.3 Å². The van der Waals surface area contributed by atoms with E-state index in [0.717, 1.165) is 6.42 Å². The third kappa shape index (κ3) is 2.97. The van der Waals surface area contributed by atoms with Crippen LogP contribution >= 0.6 is 0 Å². The fraction of sp³-hybridized carbons (Fsp3) is 0.462. The molecule has 1 aliphatic rings. The number of carbonyl (C=O) groups is 1. The maximum atomic E-state index is 11.9. The summed E-state index contributed by atoms with van der Waals surface area (Å²) in [7, 11) is 1.63. The molecule has 0 spiro atoms. The predicted octanol–water partition coefficient (Wildman–Crippen LogP) is 2.07. The number of fused-ring (bicyclic) bond motifs is 1. The molecule has 0 bridgehead atoms. The summed E-state index contributed by atoms with van der Waals surface area (Å²) in [6.07, 6.45) is 1.23. The molecule has 17 heavy (non-hydrogen) atoms. The maximum absolute atomic E-state index is 11.9. The molecule has 1 aliphatic heterocycles. The number of benzene rings is 1. The Bertz CT molecular complexity index is 400. The van der Waals surface area contributed by atoms with Gasteiger partial charge in [0, 0.05) is 25.7 Å². The third-order valence-corrected chi connectivity index (χ3v) is 2.62. The molecule has 0 fully saturated rings. The summed E-state index contributed by atoms with van der Waals surface area (Å²) in [6.45, 7) is 1.71. The first-order valence-corrected chi connectivity index (χ1v) is 5.73. The van der Waals surface area contributed by atoms with Crippen molar-refractivity contribution >= 4 is 5.78 Å². The van der Waals surface area contributed by atoms with E-state index in [1.807, 2.05) is 0 Å². The SMILES string of the molecule is COCCCC(=O)c1ccc2c(c1)OCCO2. The van der Waals surface area contributed by atoms with E-state index in [-0.39, 0.29) is 5.78 Å². The van der Waals surface area contributed by atoms with Gasteiger partial charge in [0.05, 0.1) is 0 Å². The molecule has 1 heterocycles. The lowest BCUT2D eigenvalue weighted by molar-refractivity contribution is 0.0962. The molecule has 4 nitrogen and oxygen atoms in total. The molecule has 1 aromatic carbocycles. The van der Waals surface area contributed by atoms with Crippen LogP contribution in [0.3, 0.4) is 0 Å². The van der Waals surface area contributed by atoms with Crippen LogP contribution in [0.15, 0.2) is 18.2 Å². The number of ether oxygens (including phenoxy) is 3. The molecule has 2 rings (SSSR count). The topological polar surface area (TPSA) is 44.8 Å². The highest BCUT2D eigenvalue weighted by Gasteiger charge is 2.14. The monoisotopic (exact) mass is 236 g/mol. The van der Waals surface area contributed by atoms with Crippen LogP contribution < -0.4 is 9.47 Å². The number of hydrogen-bond acceptors (Lipinski definition) is 4. The van der Waals surface area contributed by atoms with E-state index >= 15 is 0 Å². The van der Waals surface area contributed by atoms with E-state index in [2.05, 4.69) is 0 Å². The fourth-order valence-corrected chi connectivity index (χ4v) is 1.74. The summed E-state index contributed by atoms with van der Waals surface area (Å²) in [5.41, 5.74) is 0.672. The minimum absolute atomic E-state index is 0.110. The van der Waals surface area contributed by atoms with Gasteiger partial charge in [-0.1, -0.05) is 0 Å². The normalized spacial score (nSPS) is 13.5. The van der Waals surface area contributed by atoms with Gasteiger partial charge >= 0.3 is 0 Å². The Morgan fingerprint density at radius 1 is 1.29 bits per heavy atom. The van der Waals surface area contributed by atoms with Crippen LogP contribution in [0.4, 0.5) is 0 Å². The number of carbonyl (C=O) groups excluding carboxylic acids is 1. The van der Waals surface area contributed by atoms with Gasteiger partial charge in [-0.25, -0.2) is 0 Å². The standard InChI is InChI=1S/C13H16O4/c1-15-6-2-3-11(14)10-4-5-12-13(9-10)17-8-7-16-12/h4-5,9H,2-3,6-8H2,1H3. The summed E-state index contributed by atoms with van der Waals surface area (Å²) in [5, 5.41) is 0. The molecular formula is C13H16O4. The van der Waals surface area contributed by atoms with Crippen LogP contribution in [0, 0.1) is 0 Å². The lowest BCUT2D eigenvalue weighted by Crippen LogP contribution is -2.15. The second-order valence-corrected chi connectivity index (χ2v) is 3.88. The lowest BCUT2D eigenvalue weighted by Gasteiger charge is -2.18.